The summed E-state index contributed by atoms with van der Waals surface area (Å²) in [5, 5.41) is 12.1. The van der Waals surface area contributed by atoms with Crippen LogP contribution >= 0.6 is 15.9 Å². The van der Waals surface area contributed by atoms with Gasteiger partial charge in [-0.3, -0.25) is 14.6 Å². The van der Waals surface area contributed by atoms with Gasteiger partial charge in [-0.1, -0.05) is 19.3 Å². The molecule has 114 valence electrons. The van der Waals surface area contributed by atoms with E-state index in [1.807, 2.05) is 0 Å². The summed E-state index contributed by atoms with van der Waals surface area (Å²) in [7, 11) is 0. The van der Waals surface area contributed by atoms with Crippen molar-refractivity contribution in [2.45, 2.75) is 32.1 Å². The number of nitrogens with zero attached hydrogens (tertiary/aromatic N) is 1. The molecule has 1 aromatic rings. The topological polar surface area (TPSA) is 79.3 Å². The average Bonchev–Trinajstić information content (AvgIpc) is 2.48. The predicted octanol–water partition coefficient (Wildman–Crippen LogP) is 2.86. The Morgan fingerprint density at radius 1 is 1.38 bits per heavy atom. The van der Waals surface area contributed by atoms with Gasteiger partial charge in [0.15, 0.2) is 0 Å². The van der Waals surface area contributed by atoms with Gasteiger partial charge in [0.25, 0.3) is 5.91 Å². The third-order valence-corrected chi connectivity index (χ3v) is 4.67. The zero-order chi connectivity index (χ0) is 15.2. The number of rotatable bonds is 5. The first kappa shape index (κ1) is 15.9. The van der Waals surface area contributed by atoms with Gasteiger partial charge in [0.2, 0.25) is 0 Å². The number of carbonyl (C=O) groups is 2. The fraction of sp³-hybridized carbons (Fsp3) is 0.533. The number of nitrogens with one attached hydrogen (secondary N) is 1. The van der Waals surface area contributed by atoms with E-state index in [1.54, 1.807) is 12.3 Å². The number of hydrogen-bond acceptors (Lipinski definition) is 3. The highest BCUT2D eigenvalue weighted by Gasteiger charge is 2.29. The van der Waals surface area contributed by atoms with Gasteiger partial charge >= 0.3 is 5.97 Å². The molecule has 0 aliphatic heterocycles. The summed E-state index contributed by atoms with van der Waals surface area (Å²) in [5.74, 6) is -1.44. The van der Waals surface area contributed by atoms with Crippen molar-refractivity contribution in [3.8, 4) is 0 Å². The number of carboxylic acids is 1. The van der Waals surface area contributed by atoms with E-state index in [9.17, 15) is 14.7 Å². The van der Waals surface area contributed by atoms with Crippen LogP contribution in [0.2, 0.25) is 0 Å². The Balaban J connectivity index is 1.97. The summed E-state index contributed by atoms with van der Waals surface area (Å²) < 4.78 is 0.604. The number of carbonyl (C=O) groups excluding carboxylic acids is 1. The number of hydrogen-bond donors (Lipinski definition) is 2. The van der Waals surface area contributed by atoms with Gasteiger partial charge in [-0.05, 0) is 40.8 Å². The molecule has 21 heavy (non-hydrogen) atoms. The molecule has 0 saturated heterocycles. The van der Waals surface area contributed by atoms with Gasteiger partial charge in [0, 0.05) is 23.4 Å². The first-order valence-corrected chi connectivity index (χ1v) is 7.99. The highest BCUT2D eigenvalue weighted by Crippen LogP contribution is 2.30. The van der Waals surface area contributed by atoms with E-state index in [0.29, 0.717) is 10.0 Å². The average molecular weight is 355 g/mol. The molecule has 1 aliphatic rings. The molecule has 1 saturated carbocycles. The zero-order valence-corrected chi connectivity index (χ0v) is 13.3. The van der Waals surface area contributed by atoms with E-state index in [1.165, 1.54) is 12.6 Å². The second kappa shape index (κ2) is 7.54. The van der Waals surface area contributed by atoms with Crippen LogP contribution in [-0.2, 0) is 4.79 Å². The molecule has 5 nitrogen and oxygen atoms in total. The molecule has 0 radical (unpaired) electrons. The molecule has 0 bridgehead atoms. The second-order valence-corrected chi connectivity index (χ2v) is 6.26. The van der Waals surface area contributed by atoms with Gasteiger partial charge in [0.05, 0.1) is 11.5 Å². The number of aliphatic carboxylic acids is 1. The Kier molecular flexibility index (Phi) is 5.73. The molecule has 1 amide bonds. The normalized spacial score (nSPS) is 17.2. The fourth-order valence-electron chi connectivity index (χ4n) is 2.85. The Hall–Kier alpha value is -1.43. The molecular formula is C15H19BrN2O3. The van der Waals surface area contributed by atoms with Crippen molar-refractivity contribution < 1.29 is 14.7 Å². The SMILES string of the molecule is O=C(NCC(C(=O)O)C1CCCCC1)c1ccncc1Br. The lowest BCUT2D eigenvalue weighted by Crippen LogP contribution is -2.37. The first-order chi connectivity index (χ1) is 10.1. The van der Waals surface area contributed by atoms with Crippen molar-refractivity contribution in [3.05, 3.63) is 28.5 Å². The summed E-state index contributed by atoms with van der Waals surface area (Å²) in [4.78, 5) is 27.5. The van der Waals surface area contributed by atoms with E-state index < -0.39 is 11.9 Å². The molecule has 0 aromatic carbocycles. The van der Waals surface area contributed by atoms with Crippen LogP contribution in [0.5, 0.6) is 0 Å². The van der Waals surface area contributed by atoms with Gasteiger partial charge in [-0.25, -0.2) is 0 Å². The summed E-state index contributed by atoms with van der Waals surface area (Å²) in [6, 6.07) is 1.61. The molecule has 6 heteroatoms. The van der Waals surface area contributed by atoms with E-state index in [2.05, 4.69) is 26.2 Å². The number of carboxylic acid groups (broad SMARTS) is 1. The van der Waals surface area contributed by atoms with Gasteiger partial charge in [-0.15, -0.1) is 0 Å². The minimum Gasteiger partial charge on any atom is -0.481 e. The monoisotopic (exact) mass is 354 g/mol. The third kappa shape index (κ3) is 4.27. The van der Waals surface area contributed by atoms with Crippen LogP contribution in [0.15, 0.2) is 22.9 Å². The highest BCUT2D eigenvalue weighted by atomic mass is 79.9. The quantitative estimate of drug-likeness (QED) is 0.851. The van der Waals surface area contributed by atoms with E-state index in [-0.39, 0.29) is 18.4 Å². The number of halogens is 1. The van der Waals surface area contributed by atoms with Crippen molar-refractivity contribution >= 4 is 27.8 Å². The summed E-state index contributed by atoms with van der Waals surface area (Å²) in [5.41, 5.74) is 0.470. The van der Waals surface area contributed by atoms with Gasteiger partial charge < -0.3 is 10.4 Å². The molecule has 1 atom stereocenters. The maximum atomic E-state index is 12.1. The van der Waals surface area contributed by atoms with Crippen LogP contribution in [0.1, 0.15) is 42.5 Å². The lowest BCUT2D eigenvalue weighted by Gasteiger charge is -2.27. The van der Waals surface area contributed by atoms with Gasteiger partial charge in [0.1, 0.15) is 0 Å². The maximum Gasteiger partial charge on any atom is 0.308 e. The predicted molar refractivity (Wildman–Crippen MR) is 82.0 cm³/mol. The Labute approximate surface area is 132 Å². The lowest BCUT2D eigenvalue weighted by molar-refractivity contribution is -0.143. The van der Waals surface area contributed by atoms with Crippen LogP contribution in [0.3, 0.4) is 0 Å². The highest BCUT2D eigenvalue weighted by molar-refractivity contribution is 9.10. The van der Waals surface area contributed by atoms with Crippen LogP contribution in [0, 0.1) is 11.8 Å². The maximum absolute atomic E-state index is 12.1. The van der Waals surface area contributed by atoms with Crippen molar-refractivity contribution in [1.82, 2.24) is 10.3 Å². The third-order valence-electron chi connectivity index (χ3n) is 4.04. The van der Waals surface area contributed by atoms with Crippen molar-refractivity contribution in [1.29, 1.82) is 0 Å². The molecule has 1 aliphatic carbocycles. The second-order valence-electron chi connectivity index (χ2n) is 5.41. The Morgan fingerprint density at radius 2 is 2.10 bits per heavy atom. The Bertz CT molecular complexity index is 515. The number of amides is 1. The molecule has 1 heterocycles. The van der Waals surface area contributed by atoms with E-state index >= 15 is 0 Å². The molecule has 1 aromatic heterocycles. The van der Waals surface area contributed by atoms with Crippen molar-refractivity contribution in [2.24, 2.45) is 11.8 Å². The first-order valence-electron chi connectivity index (χ1n) is 7.20. The van der Waals surface area contributed by atoms with Crippen molar-refractivity contribution in [3.63, 3.8) is 0 Å². The molecule has 0 spiro atoms. The smallest absolute Gasteiger partial charge is 0.308 e. The number of aromatic nitrogens is 1. The zero-order valence-electron chi connectivity index (χ0n) is 11.7. The van der Waals surface area contributed by atoms with Crippen LogP contribution in [0.4, 0.5) is 0 Å². The largest absolute Gasteiger partial charge is 0.481 e. The molecule has 1 unspecified atom stereocenters. The molecule has 2 rings (SSSR count). The summed E-state index contributed by atoms with van der Waals surface area (Å²) in [6.07, 6.45) is 8.30. The van der Waals surface area contributed by atoms with Crippen LogP contribution in [-0.4, -0.2) is 28.5 Å². The minimum absolute atomic E-state index is 0.164. The molecular weight excluding hydrogens is 336 g/mol. The molecule has 2 N–H and O–H groups in total. The van der Waals surface area contributed by atoms with E-state index in [0.717, 1.165) is 25.7 Å². The lowest BCUT2D eigenvalue weighted by atomic mass is 9.80. The summed E-state index contributed by atoms with van der Waals surface area (Å²) in [6.45, 7) is 0.174. The summed E-state index contributed by atoms with van der Waals surface area (Å²) >= 11 is 3.27. The molecule has 1 fully saturated rings. The van der Waals surface area contributed by atoms with E-state index in [4.69, 9.17) is 0 Å². The fourth-order valence-corrected chi connectivity index (χ4v) is 3.28. The van der Waals surface area contributed by atoms with Crippen molar-refractivity contribution in [2.75, 3.05) is 6.54 Å². The van der Waals surface area contributed by atoms with Crippen LogP contribution < -0.4 is 5.32 Å². The standard InChI is InChI=1S/C15H19BrN2O3/c16-13-9-17-7-6-11(13)14(19)18-8-12(15(20)21)10-4-2-1-3-5-10/h6-7,9-10,12H,1-5,8H2,(H,18,19)(H,20,21). The van der Waals surface area contributed by atoms with Gasteiger partial charge in [-0.2, -0.15) is 0 Å². The Morgan fingerprint density at radius 3 is 2.71 bits per heavy atom. The van der Waals surface area contributed by atoms with Crippen LogP contribution in [0.25, 0.3) is 0 Å². The number of pyridine rings is 1. The minimum atomic E-state index is -0.823.